The number of morpholine rings is 1. The van der Waals surface area contributed by atoms with Crippen molar-refractivity contribution in [2.45, 2.75) is 0 Å². The molecule has 1 fully saturated rings. The molecular formula is C20H16N2O3S. The van der Waals surface area contributed by atoms with Crippen molar-refractivity contribution >= 4 is 39.1 Å². The van der Waals surface area contributed by atoms with Crippen molar-refractivity contribution in [1.82, 2.24) is 4.98 Å². The lowest BCUT2D eigenvalue weighted by atomic mass is 9.98. The zero-order valence-corrected chi connectivity index (χ0v) is 14.8. The third kappa shape index (κ3) is 2.50. The monoisotopic (exact) mass is 364 g/mol. The minimum absolute atomic E-state index is 0.255. The molecule has 0 N–H and O–H groups in total. The van der Waals surface area contributed by atoms with Crippen LogP contribution in [0.3, 0.4) is 0 Å². The molecule has 1 aliphatic rings. The number of hydrogen-bond donors (Lipinski definition) is 0. The number of nitrogens with zero attached hydrogens (tertiary/aromatic N) is 2. The highest BCUT2D eigenvalue weighted by molar-refractivity contribution is 7.08. The lowest BCUT2D eigenvalue weighted by molar-refractivity contribution is 0.120. The first-order chi connectivity index (χ1) is 12.8. The zero-order valence-electron chi connectivity index (χ0n) is 14.0. The van der Waals surface area contributed by atoms with E-state index in [1.807, 2.05) is 34.5 Å². The summed E-state index contributed by atoms with van der Waals surface area (Å²) >= 11 is 1.64. The fraction of sp³-hybridized carbons (Fsp3) is 0.200. The van der Waals surface area contributed by atoms with E-state index >= 15 is 0 Å². The van der Waals surface area contributed by atoms with E-state index in [1.54, 1.807) is 11.3 Å². The molecule has 0 amide bonds. The van der Waals surface area contributed by atoms with Crippen molar-refractivity contribution in [3.05, 3.63) is 57.5 Å². The van der Waals surface area contributed by atoms with Crippen molar-refractivity contribution in [2.24, 2.45) is 0 Å². The van der Waals surface area contributed by atoms with Gasteiger partial charge in [0, 0.05) is 18.5 Å². The summed E-state index contributed by atoms with van der Waals surface area (Å²) in [5.74, 6) is 0. The van der Waals surface area contributed by atoms with Crippen molar-refractivity contribution in [1.29, 1.82) is 0 Å². The lowest BCUT2D eigenvalue weighted by Gasteiger charge is -2.26. The van der Waals surface area contributed by atoms with Crippen LogP contribution in [-0.2, 0) is 4.74 Å². The van der Waals surface area contributed by atoms with Gasteiger partial charge in [-0.05, 0) is 39.4 Å². The maximum atomic E-state index is 12.8. The zero-order chi connectivity index (χ0) is 17.5. The third-order valence-electron chi connectivity index (χ3n) is 4.73. The summed E-state index contributed by atoms with van der Waals surface area (Å²) in [4.78, 5) is 19.0. The SMILES string of the molecule is O=c1nc(N2CCOCC2)oc2c1cc(-c1ccsc1)c1ccccc12. The Bertz CT molecular complexity index is 1150. The van der Waals surface area contributed by atoms with Gasteiger partial charge in [-0.3, -0.25) is 4.79 Å². The van der Waals surface area contributed by atoms with Gasteiger partial charge in [0.1, 0.15) is 0 Å². The summed E-state index contributed by atoms with van der Waals surface area (Å²) in [5, 5.41) is 6.64. The van der Waals surface area contributed by atoms with Crippen LogP contribution in [0.1, 0.15) is 0 Å². The van der Waals surface area contributed by atoms with E-state index in [0.717, 1.165) is 21.9 Å². The van der Waals surface area contributed by atoms with Crippen molar-refractivity contribution in [3.63, 3.8) is 0 Å². The maximum Gasteiger partial charge on any atom is 0.301 e. The van der Waals surface area contributed by atoms with Crippen molar-refractivity contribution < 1.29 is 9.15 Å². The Hall–Kier alpha value is -2.70. The van der Waals surface area contributed by atoms with Crippen LogP contribution in [0.4, 0.5) is 6.01 Å². The number of benzene rings is 2. The third-order valence-corrected chi connectivity index (χ3v) is 5.41. The molecule has 0 radical (unpaired) electrons. The number of rotatable bonds is 2. The van der Waals surface area contributed by atoms with E-state index in [2.05, 4.69) is 22.5 Å². The number of thiophene rings is 1. The van der Waals surface area contributed by atoms with Gasteiger partial charge in [0.05, 0.1) is 18.6 Å². The van der Waals surface area contributed by atoms with Gasteiger partial charge < -0.3 is 14.1 Å². The summed E-state index contributed by atoms with van der Waals surface area (Å²) in [6.07, 6.45) is 0. The van der Waals surface area contributed by atoms with E-state index in [9.17, 15) is 4.79 Å². The Morgan fingerprint density at radius 3 is 2.62 bits per heavy atom. The Kier molecular flexibility index (Phi) is 3.72. The molecule has 4 aromatic rings. The van der Waals surface area contributed by atoms with Crippen LogP contribution in [0, 0.1) is 0 Å². The summed E-state index contributed by atoms with van der Waals surface area (Å²) < 4.78 is 11.5. The average Bonchev–Trinajstić information content (AvgIpc) is 3.23. The highest BCUT2D eigenvalue weighted by atomic mass is 32.1. The van der Waals surface area contributed by atoms with E-state index in [0.29, 0.717) is 43.3 Å². The van der Waals surface area contributed by atoms with Crippen LogP contribution in [0.15, 0.2) is 56.4 Å². The van der Waals surface area contributed by atoms with Crippen LogP contribution < -0.4 is 10.5 Å². The molecule has 1 aliphatic heterocycles. The fourth-order valence-corrected chi connectivity index (χ4v) is 4.08. The van der Waals surface area contributed by atoms with Crippen LogP contribution in [0.25, 0.3) is 32.9 Å². The van der Waals surface area contributed by atoms with Crippen LogP contribution in [-0.4, -0.2) is 31.3 Å². The normalized spacial score (nSPS) is 15.0. The molecule has 2 aromatic carbocycles. The second kappa shape index (κ2) is 6.23. The number of fused-ring (bicyclic) bond motifs is 3. The van der Waals surface area contributed by atoms with Crippen LogP contribution in [0.2, 0.25) is 0 Å². The molecule has 5 nitrogen and oxygen atoms in total. The van der Waals surface area contributed by atoms with Gasteiger partial charge in [0.15, 0.2) is 5.58 Å². The molecule has 130 valence electrons. The quantitative estimate of drug-likeness (QED) is 0.505. The van der Waals surface area contributed by atoms with E-state index in [1.165, 1.54) is 0 Å². The molecule has 1 saturated heterocycles. The minimum Gasteiger partial charge on any atom is -0.424 e. The molecule has 5 rings (SSSR count). The molecule has 0 bridgehead atoms. The first kappa shape index (κ1) is 15.5. The number of aromatic nitrogens is 1. The predicted octanol–water partition coefficient (Wildman–Crippen LogP) is 3.91. The topological polar surface area (TPSA) is 55.6 Å². The van der Waals surface area contributed by atoms with Gasteiger partial charge >= 0.3 is 6.01 Å². The summed E-state index contributed by atoms with van der Waals surface area (Å²) in [5.41, 5.74) is 2.48. The van der Waals surface area contributed by atoms with Crippen LogP contribution in [0.5, 0.6) is 0 Å². The lowest BCUT2D eigenvalue weighted by Crippen LogP contribution is -2.37. The van der Waals surface area contributed by atoms with Crippen molar-refractivity contribution in [2.75, 3.05) is 31.2 Å². The predicted molar refractivity (Wildman–Crippen MR) is 104 cm³/mol. The van der Waals surface area contributed by atoms with E-state index in [-0.39, 0.29) is 5.56 Å². The summed E-state index contributed by atoms with van der Waals surface area (Å²) in [7, 11) is 0. The maximum absolute atomic E-state index is 12.8. The Balaban J connectivity index is 1.81. The largest absolute Gasteiger partial charge is 0.424 e. The van der Waals surface area contributed by atoms with Crippen LogP contribution >= 0.6 is 11.3 Å². The Morgan fingerprint density at radius 2 is 1.85 bits per heavy atom. The van der Waals surface area contributed by atoms with Gasteiger partial charge in [-0.2, -0.15) is 16.3 Å². The first-order valence-corrected chi connectivity index (χ1v) is 9.47. The molecule has 0 spiro atoms. The van der Waals surface area contributed by atoms with E-state index < -0.39 is 0 Å². The van der Waals surface area contributed by atoms with Crippen molar-refractivity contribution in [3.8, 4) is 11.1 Å². The number of hydrogen-bond acceptors (Lipinski definition) is 6. The highest BCUT2D eigenvalue weighted by Crippen LogP contribution is 2.35. The fourth-order valence-electron chi connectivity index (χ4n) is 3.43. The summed E-state index contributed by atoms with van der Waals surface area (Å²) in [6, 6.07) is 12.4. The Labute approximate surface area is 153 Å². The first-order valence-electron chi connectivity index (χ1n) is 8.53. The highest BCUT2D eigenvalue weighted by Gasteiger charge is 2.19. The van der Waals surface area contributed by atoms with Gasteiger partial charge in [0.2, 0.25) is 0 Å². The second-order valence-electron chi connectivity index (χ2n) is 6.26. The minimum atomic E-state index is -0.255. The smallest absolute Gasteiger partial charge is 0.301 e. The molecule has 0 saturated carbocycles. The molecule has 0 unspecified atom stereocenters. The molecule has 2 aromatic heterocycles. The van der Waals surface area contributed by atoms with Gasteiger partial charge in [-0.25, -0.2) is 0 Å². The number of ether oxygens (including phenoxy) is 1. The molecule has 6 heteroatoms. The molecule has 26 heavy (non-hydrogen) atoms. The number of anilines is 1. The van der Waals surface area contributed by atoms with Gasteiger partial charge in [0.25, 0.3) is 5.56 Å². The molecule has 3 heterocycles. The summed E-state index contributed by atoms with van der Waals surface area (Å²) in [6.45, 7) is 2.57. The van der Waals surface area contributed by atoms with E-state index in [4.69, 9.17) is 9.15 Å². The standard InChI is InChI=1S/C20H16N2O3S/c23-19-17-11-16(13-5-10-26-12-13)14-3-1-2-4-15(14)18(17)25-20(21-19)22-6-8-24-9-7-22/h1-5,10-12H,6-9H2. The Morgan fingerprint density at radius 1 is 1.04 bits per heavy atom. The average molecular weight is 364 g/mol. The molecule has 0 aliphatic carbocycles. The van der Waals surface area contributed by atoms with Gasteiger partial charge in [-0.15, -0.1) is 0 Å². The molecular weight excluding hydrogens is 348 g/mol. The second-order valence-corrected chi connectivity index (χ2v) is 7.04. The van der Waals surface area contributed by atoms with Gasteiger partial charge in [-0.1, -0.05) is 24.3 Å². The molecule has 0 atom stereocenters.